The molecule has 168 valence electrons. The summed E-state index contributed by atoms with van der Waals surface area (Å²) < 4.78 is 7.24. The summed E-state index contributed by atoms with van der Waals surface area (Å²) in [6.45, 7) is 0.608. The van der Waals surface area contributed by atoms with Gasteiger partial charge in [0.2, 0.25) is 5.91 Å². The van der Waals surface area contributed by atoms with Gasteiger partial charge in [-0.1, -0.05) is 66.4 Å². The molecule has 1 amide bonds. The molecule has 7 nitrogen and oxygen atoms in total. The van der Waals surface area contributed by atoms with Crippen molar-refractivity contribution in [2.24, 2.45) is 0 Å². The second-order valence-electron chi connectivity index (χ2n) is 7.25. The smallest absolute Gasteiger partial charge is 0.234 e. The lowest BCUT2D eigenvalue weighted by atomic mass is 10.1. The molecule has 0 unspecified atom stereocenters. The van der Waals surface area contributed by atoms with Crippen molar-refractivity contribution in [1.29, 1.82) is 0 Å². The Hall–Kier alpha value is -3.78. The highest BCUT2D eigenvalue weighted by molar-refractivity contribution is 7.99. The predicted octanol–water partition coefficient (Wildman–Crippen LogP) is 4.63. The van der Waals surface area contributed by atoms with Gasteiger partial charge in [0, 0.05) is 6.54 Å². The number of hydrogen-bond acceptors (Lipinski definition) is 6. The lowest BCUT2D eigenvalue weighted by Gasteiger charge is -2.12. The number of aryl methyl sites for hydroxylation is 1. The van der Waals surface area contributed by atoms with Gasteiger partial charge in [0.1, 0.15) is 11.5 Å². The molecule has 3 aromatic carbocycles. The minimum Gasteiger partial charge on any atom is -0.507 e. The molecule has 0 saturated heterocycles. The topological polar surface area (TPSA) is 89.3 Å². The zero-order valence-corrected chi connectivity index (χ0v) is 19.0. The van der Waals surface area contributed by atoms with Crippen LogP contribution in [0.15, 0.2) is 84.0 Å². The lowest BCUT2D eigenvalue weighted by molar-refractivity contribution is -0.113. The molecule has 1 heterocycles. The van der Waals surface area contributed by atoms with Gasteiger partial charge in [-0.15, -0.1) is 10.2 Å². The highest BCUT2D eigenvalue weighted by Crippen LogP contribution is 2.30. The third-order valence-electron chi connectivity index (χ3n) is 5.04. The summed E-state index contributed by atoms with van der Waals surface area (Å²) in [6, 6.07) is 24.4. The first kappa shape index (κ1) is 22.4. The molecule has 2 N–H and O–H groups in total. The standard InChI is InChI=1S/C25H24N4O3S/c1-32-22-14-8-6-12-20(22)26-23(31)17-33-25-28-27-24(19-11-5-7-13-21(19)30)29(25)16-15-18-9-3-2-4-10-18/h2-14,30H,15-17H2,1H3,(H,26,31). The molecular weight excluding hydrogens is 436 g/mol. The summed E-state index contributed by atoms with van der Waals surface area (Å²) in [6.07, 6.45) is 0.764. The summed E-state index contributed by atoms with van der Waals surface area (Å²) in [7, 11) is 1.56. The van der Waals surface area contributed by atoms with E-state index in [-0.39, 0.29) is 17.4 Å². The van der Waals surface area contributed by atoms with E-state index >= 15 is 0 Å². The number of rotatable bonds is 9. The number of carbonyl (C=O) groups excluding carboxylic acids is 1. The fourth-order valence-electron chi connectivity index (χ4n) is 3.41. The zero-order chi connectivity index (χ0) is 23.0. The van der Waals surface area contributed by atoms with Gasteiger partial charge < -0.3 is 19.7 Å². The number of benzene rings is 3. The first-order valence-corrected chi connectivity index (χ1v) is 11.5. The normalized spacial score (nSPS) is 10.7. The van der Waals surface area contributed by atoms with Gasteiger partial charge >= 0.3 is 0 Å². The molecule has 0 aliphatic rings. The van der Waals surface area contributed by atoms with E-state index in [0.717, 1.165) is 6.42 Å². The van der Waals surface area contributed by atoms with E-state index in [2.05, 4.69) is 27.6 Å². The van der Waals surface area contributed by atoms with Gasteiger partial charge in [-0.2, -0.15) is 0 Å². The zero-order valence-electron chi connectivity index (χ0n) is 18.1. The number of anilines is 1. The molecule has 8 heteroatoms. The first-order chi connectivity index (χ1) is 16.2. The molecule has 0 fully saturated rings. The maximum Gasteiger partial charge on any atom is 0.234 e. The number of methoxy groups -OCH3 is 1. The number of aromatic hydroxyl groups is 1. The summed E-state index contributed by atoms with van der Waals surface area (Å²) in [5, 5.41) is 22.5. The van der Waals surface area contributed by atoms with E-state index in [1.54, 1.807) is 37.4 Å². The van der Waals surface area contributed by atoms with Gasteiger partial charge in [-0.25, -0.2) is 0 Å². The number of amides is 1. The highest BCUT2D eigenvalue weighted by Gasteiger charge is 2.18. The van der Waals surface area contributed by atoms with Crippen LogP contribution in [0.3, 0.4) is 0 Å². The number of hydrogen-bond donors (Lipinski definition) is 2. The van der Waals surface area contributed by atoms with E-state index in [9.17, 15) is 9.90 Å². The van der Waals surface area contributed by atoms with Crippen LogP contribution in [0.2, 0.25) is 0 Å². The summed E-state index contributed by atoms with van der Waals surface area (Å²) in [5.41, 5.74) is 2.40. The fourth-order valence-corrected chi connectivity index (χ4v) is 4.17. The number of para-hydroxylation sites is 3. The van der Waals surface area contributed by atoms with Crippen molar-refractivity contribution in [2.45, 2.75) is 18.1 Å². The average molecular weight is 461 g/mol. The predicted molar refractivity (Wildman–Crippen MR) is 130 cm³/mol. The second kappa shape index (κ2) is 10.7. The third kappa shape index (κ3) is 5.53. The fraction of sp³-hybridized carbons (Fsp3) is 0.160. The Bertz CT molecular complexity index is 1230. The lowest BCUT2D eigenvalue weighted by Crippen LogP contribution is -2.15. The van der Waals surface area contributed by atoms with Crippen molar-refractivity contribution in [3.05, 3.63) is 84.4 Å². The van der Waals surface area contributed by atoms with Crippen LogP contribution in [-0.4, -0.2) is 38.6 Å². The number of carbonyl (C=O) groups is 1. The molecule has 0 aliphatic heterocycles. The SMILES string of the molecule is COc1ccccc1NC(=O)CSc1nnc(-c2ccccc2O)n1CCc1ccccc1. The largest absolute Gasteiger partial charge is 0.507 e. The Morgan fingerprint density at radius 2 is 1.73 bits per heavy atom. The number of nitrogens with zero attached hydrogens (tertiary/aromatic N) is 3. The van der Waals surface area contributed by atoms with E-state index in [4.69, 9.17) is 4.74 Å². The quantitative estimate of drug-likeness (QED) is 0.354. The molecule has 0 spiro atoms. The summed E-state index contributed by atoms with van der Waals surface area (Å²) in [4.78, 5) is 12.6. The van der Waals surface area contributed by atoms with Crippen LogP contribution < -0.4 is 10.1 Å². The van der Waals surface area contributed by atoms with Crippen LogP contribution in [0.1, 0.15) is 5.56 Å². The van der Waals surface area contributed by atoms with Crippen molar-refractivity contribution in [3.63, 3.8) is 0 Å². The Morgan fingerprint density at radius 1 is 1.00 bits per heavy atom. The van der Waals surface area contributed by atoms with E-state index < -0.39 is 0 Å². The molecule has 4 rings (SSSR count). The minimum atomic E-state index is -0.175. The number of nitrogens with one attached hydrogen (secondary N) is 1. The van der Waals surface area contributed by atoms with Crippen molar-refractivity contribution in [2.75, 3.05) is 18.2 Å². The van der Waals surface area contributed by atoms with Crippen LogP contribution in [0.4, 0.5) is 5.69 Å². The number of thioether (sulfide) groups is 1. The van der Waals surface area contributed by atoms with Crippen molar-refractivity contribution < 1.29 is 14.6 Å². The van der Waals surface area contributed by atoms with E-state index in [0.29, 0.717) is 34.5 Å². The Kier molecular flexibility index (Phi) is 7.26. The van der Waals surface area contributed by atoms with E-state index in [1.165, 1.54) is 17.3 Å². The Morgan fingerprint density at radius 3 is 2.52 bits per heavy atom. The van der Waals surface area contributed by atoms with Crippen LogP contribution in [0, 0.1) is 0 Å². The molecule has 0 atom stereocenters. The Balaban J connectivity index is 1.53. The molecule has 4 aromatic rings. The molecule has 1 aromatic heterocycles. The highest BCUT2D eigenvalue weighted by atomic mass is 32.2. The monoisotopic (exact) mass is 460 g/mol. The average Bonchev–Trinajstić information content (AvgIpc) is 3.25. The van der Waals surface area contributed by atoms with Crippen molar-refractivity contribution in [1.82, 2.24) is 14.8 Å². The molecular formula is C25H24N4O3S. The van der Waals surface area contributed by atoms with Crippen LogP contribution >= 0.6 is 11.8 Å². The first-order valence-electron chi connectivity index (χ1n) is 10.5. The molecule has 33 heavy (non-hydrogen) atoms. The number of phenolic OH excluding ortho intramolecular Hbond substituents is 1. The van der Waals surface area contributed by atoms with Gasteiger partial charge in [-0.3, -0.25) is 4.79 Å². The second-order valence-corrected chi connectivity index (χ2v) is 8.19. The van der Waals surface area contributed by atoms with Crippen molar-refractivity contribution >= 4 is 23.4 Å². The third-order valence-corrected chi connectivity index (χ3v) is 6.01. The Labute approximate surface area is 196 Å². The molecule has 0 saturated carbocycles. The van der Waals surface area contributed by atoms with Crippen LogP contribution in [0.5, 0.6) is 11.5 Å². The number of ether oxygens (including phenoxy) is 1. The molecule has 0 aliphatic carbocycles. The van der Waals surface area contributed by atoms with Crippen LogP contribution in [0.25, 0.3) is 11.4 Å². The van der Waals surface area contributed by atoms with Gasteiger partial charge in [0.05, 0.1) is 24.1 Å². The maximum absolute atomic E-state index is 12.6. The molecule has 0 bridgehead atoms. The van der Waals surface area contributed by atoms with Gasteiger partial charge in [0.25, 0.3) is 0 Å². The number of phenols is 1. The summed E-state index contributed by atoms with van der Waals surface area (Å²) >= 11 is 1.30. The maximum atomic E-state index is 12.6. The van der Waals surface area contributed by atoms with Gasteiger partial charge in [0.15, 0.2) is 11.0 Å². The molecule has 0 radical (unpaired) electrons. The number of aromatic nitrogens is 3. The van der Waals surface area contributed by atoms with Crippen LogP contribution in [-0.2, 0) is 17.8 Å². The van der Waals surface area contributed by atoms with E-state index in [1.807, 2.05) is 41.0 Å². The minimum absolute atomic E-state index is 0.135. The van der Waals surface area contributed by atoms with Crippen molar-refractivity contribution in [3.8, 4) is 22.9 Å². The summed E-state index contributed by atoms with van der Waals surface area (Å²) in [5.74, 6) is 1.28. The van der Waals surface area contributed by atoms with Gasteiger partial charge in [-0.05, 0) is 36.2 Å².